The predicted octanol–water partition coefficient (Wildman–Crippen LogP) is 1.66. The maximum absolute atomic E-state index is 12.9. The van der Waals surface area contributed by atoms with Crippen LogP contribution in [0.5, 0.6) is 0 Å². The van der Waals surface area contributed by atoms with Crippen molar-refractivity contribution in [3.8, 4) is 0 Å². The number of rotatable bonds is 11. The smallest absolute Gasteiger partial charge is 0.243 e. The molecule has 0 bridgehead atoms. The van der Waals surface area contributed by atoms with Crippen LogP contribution in [0.3, 0.4) is 0 Å². The van der Waals surface area contributed by atoms with Crippen molar-refractivity contribution >= 4 is 26.0 Å². The van der Waals surface area contributed by atoms with E-state index in [4.69, 9.17) is 0 Å². The molecule has 1 heterocycles. The molecule has 1 amide bonds. The van der Waals surface area contributed by atoms with Crippen LogP contribution in [0.2, 0.25) is 0 Å². The van der Waals surface area contributed by atoms with Gasteiger partial charge in [0, 0.05) is 31.6 Å². The number of hydrogen-bond donors (Lipinski definition) is 2. The number of nitrogens with zero attached hydrogens (tertiary/aromatic N) is 1. The predicted molar refractivity (Wildman–Crippen MR) is 127 cm³/mol. The molecule has 2 aromatic carbocycles. The van der Waals surface area contributed by atoms with Crippen LogP contribution in [0.15, 0.2) is 71.5 Å². The number of carbonyl (C=O) groups excluding carboxylic acids is 1. The Bertz CT molecular complexity index is 1160. The highest BCUT2D eigenvalue weighted by molar-refractivity contribution is 7.92. The summed E-state index contributed by atoms with van der Waals surface area (Å²) in [5.41, 5.74) is 1.87. The molecule has 1 aliphatic heterocycles. The van der Waals surface area contributed by atoms with Crippen molar-refractivity contribution in [3.63, 3.8) is 0 Å². The van der Waals surface area contributed by atoms with Gasteiger partial charge in [0.2, 0.25) is 26.0 Å². The van der Waals surface area contributed by atoms with Crippen LogP contribution in [-0.4, -0.2) is 53.2 Å². The number of sulfonamides is 2. The number of carbonyl (C=O) groups is 1. The van der Waals surface area contributed by atoms with Gasteiger partial charge in [-0.25, -0.2) is 21.6 Å². The van der Waals surface area contributed by atoms with Crippen molar-refractivity contribution in [3.05, 3.63) is 77.7 Å². The molecular weight excluding hydrogens is 462 g/mol. The Labute approximate surface area is 195 Å². The molecule has 10 heteroatoms. The first-order valence-electron chi connectivity index (χ1n) is 10.7. The molecule has 2 aromatic rings. The summed E-state index contributed by atoms with van der Waals surface area (Å²) in [6.07, 6.45) is 1.49. The van der Waals surface area contributed by atoms with Crippen molar-refractivity contribution in [1.29, 1.82) is 0 Å². The average molecular weight is 492 g/mol. The molecule has 178 valence electrons. The van der Waals surface area contributed by atoms with Crippen LogP contribution in [0.25, 0.3) is 0 Å². The second-order valence-electron chi connectivity index (χ2n) is 7.98. The number of benzene rings is 2. The van der Waals surface area contributed by atoms with Crippen LogP contribution >= 0.6 is 0 Å². The van der Waals surface area contributed by atoms with Crippen LogP contribution < -0.4 is 10.0 Å². The SMILES string of the molecule is C=CS(=O)(=O)NCC1CCN(S(=O)(=O)c2ccc(CC(=O)NCCc3ccccc3)cc2)C1. The molecule has 1 fully saturated rings. The topological polar surface area (TPSA) is 113 Å². The van der Waals surface area contributed by atoms with E-state index in [9.17, 15) is 21.6 Å². The van der Waals surface area contributed by atoms with E-state index in [1.54, 1.807) is 12.1 Å². The van der Waals surface area contributed by atoms with E-state index in [1.807, 2.05) is 30.3 Å². The fourth-order valence-corrected chi connectivity index (χ4v) is 5.76. The number of amides is 1. The van der Waals surface area contributed by atoms with E-state index >= 15 is 0 Å². The molecule has 2 N–H and O–H groups in total. The lowest BCUT2D eigenvalue weighted by Crippen LogP contribution is -2.32. The van der Waals surface area contributed by atoms with E-state index in [-0.39, 0.29) is 36.2 Å². The van der Waals surface area contributed by atoms with Crippen LogP contribution in [0.4, 0.5) is 0 Å². The maximum atomic E-state index is 12.9. The van der Waals surface area contributed by atoms with E-state index in [2.05, 4.69) is 16.6 Å². The summed E-state index contributed by atoms with van der Waals surface area (Å²) < 4.78 is 52.6. The summed E-state index contributed by atoms with van der Waals surface area (Å²) in [5.74, 6) is -0.223. The summed E-state index contributed by atoms with van der Waals surface area (Å²) in [6, 6.07) is 16.2. The van der Waals surface area contributed by atoms with E-state index < -0.39 is 20.0 Å². The Morgan fingerprint density at radius 2 is 1.73 bits per heavy atom. The van der Waals surface area contributed by atoms with Crippen molar-refractivity contribution in [2.45, 2.75) is 24.2 Å². The second kappa shape index (κ2) is 11.1. The normalized spacial score (nSPS) is 17.0. The third kappa shape index (κ3) is 7.23. The van der Waals surface area contributed by atoms with Gasteiger partial charge in [0.1, 0.15) is 0 Å². The van der Waals surface area contributed by atoms with E-state index in [0.29, 0.717) is 19.5 Å². The van der Waals surface area contributed by atoms with E-state index in [0.717, 1.165) is 23.0 Å². The highest BCUT2D eigenvalue weighted by Crippen LogP contribution is 2.24. The Morgan fingerprint density at radius 1 is 1.03 bits per heavy atom. The van der Waals surface area contributed by atoms with Gasteiger partial charge in [-0.15, -0.1) is 0 Å². The van der Waals surface area contributed by atoms with Gasteiger partial charge >= 0.3 is 0 Å². The number of nitrogens with one attached hydrogen (secondary N) is 2. The number of hydrogen-bond acceptors (Lipinski definition) is 5. The van der Waals surface area contributed by atoms with Gasteiger partial charge in [0.15, 0.2) is 0 Å². The molecule has 0 spiro atoms. The lowest BCUT2D eigenvalue weighted by Gasteiger charge is -2.17. The molecule has 0 aromatic heterocycles. The van der Waals surface area contributed by atoms with Gasteiger partial charge < -0.3 is 5.32 Å². The molecule has 3 rings (SSSR count). The largest absolute Gasteiger partial charge is 0.355 e. The molecule has 8 nitrogen and oxygen atoms in total. The first-order chi connectivity index (χ1) is 15.7. The first-order valence-corrected chi connectivity index (χ1v) is 13.7. The molecule has 1 aliphatic rings. The van der Waals surface area contributed by atoms with Crippen LogP contribution in [-0.2, 0) is 37.7 Å². The molecule has 0 saturated carbocycles. The van der Waals surface area contributed by atoms with Crippen molar-refractivity contribution in [1.82, 2.24) is 14.3 Å². The van der Waals surface area contributed by atoms with Gasteiger partial charge in [-0.2, -0.15) is 4.31 Å². The Hall–Kier alpha value is -2.53. The summed E-state index contributed by atoms with van der Waals surface area (Å²) in [4.78, 5) is 12.3. The molecule has 1 saturated heterocycles. The fourth-order valence-electron chi connectivity index (χ4n) is 3.64. The minimum absolute atomic E-state index is 0.103. The van der Waals surface area contributed by atoms with Crippen LogP contribution in [0, 0.1) is 5.92 Å². The van der Waals surface area contributed by atoms with Crippen molar-refractivity contribution in [2.24, 2.45) is 5.92 Å². The summed E-state index contributed by atoms with van der Waals surface area (Å²) in [7, 11) is -7.22. The second-order valence-corrected chi connectivity index (χ2v) is 11.6. The zero-order valence-electron chi connectivity index (χ0n) is 18.3. The molecule has 0 radical (unpaired) electrons. The van der Waals surface area contributed by atoms with Crippen molar-refractivity contribution in [2.75, 3.05) is 26.2 Å². The van der Waals surface area contributed by atoms with Crippen molar-refractivity contribution < 1.29 is 21.6 Å². The first kappa shape index (κ1) is 25.1. The minimum Gasteiger partial charge on any atom is -0.355 e. The summed E-state index contributed by atoms with van der Waals surface area (Å²) in [5, 5.41) is 3.72. The molecule has 0 aliphatic carbocycles. The Morgan fingerprint density at radius 3 is 2.39 bits per heavy atom. The lowest BCUT2D eigenvalue weighted by atomic mass is 10.1. The highest BCUT2D eigenvalue weighted by Gasteiger charge is 2.32. The standard InChI is InChI=1S/C23H29N3O5S2/c1-2-32(28,29)25-17-21-13-15-26(18-21)33(30,31)22-10-8-20(9-11-22)16-23(27)24-14-12-19-6-4-3-5-7-19/h2-11,21,25H,1,12-18H2,(H,24,27). The van der Waals surface area contributed by atoms with Gasteiger partial charge in [0.25, 0.3) is 0 Å². The summed E-state index contributed by atoms with van der Waals surface area (Å²) >= 11 is 0. The zero-order valence-corrected chi connectivity index (χ0v) is 19.9. The quantitative estimate of drug-likeness (QED) is 0.496. The summed E-state index contributed by atoms with van der Waals surface area (Å²) in [6.45, 7) is 4.51. The van der Waals surface area contributed by atoms with Gasteiger partial charge in [-0.05, 0) is 42.0 Å². The minimum atomic E-state index is -3.69. The van der Waals surface area contributed by atoms with Gasteiger partial charge in [-0.1, -0.05) is 49.0 Å². The molecular formula is C23H29N3O5S2. The fraction of sp³-hybridized carbons (Fsp3) is 0.348. The average Bonchev–Trinajstić information content (AvgIpc) is 3.29. The van der Waals surface area contributed by atoms with Gasteiger partial charge in [-0.3, -0.25) is 4.79 Å². The van der Waals surface area contributed by atoms with Gasteiger partial charge in [0.05, 0.1) is 11.3 Å². The Balaban J connectivity index is 1.50. The Kier molecular flexibility index (Phi) is 8.41. The monoisotopic (exact) mass is 491 g/mol. The zero-order chi connectivity index (χ0) is 23.9. The molecule has 33 heavy (non-hydrogen) atoms. The highest BCUT2D eigenvalue weighted by atomic mass is 32.2. The van der Waals surface area contributed by atoms with E-state index in [1.165, 1.54) is 16.4 Å². The lowest BCUT2D eigenvalue weighted by molar-refractivity contribution is -0.120. The third-order valence-corrected chi connectivity index (χ3v) is 8.43. The molecule has 1 atom stereocenters. The third-order valence-electron chi connectivity index (χ3n) is 5.55. The molecule has 1 unspecified atom stereocenters. The maximum Gasteiger partial charge on any atom is 0.243 e. The van der Waals surface area contributed by atoms with Crippen LogP contribution in [0.1, 0.15) is 17.5 Å².